The van der Waals surface area contributed by atoms with E-state index in [9.17, 15) is 4.79 Å². The quantitative estimate of drug-likeness (QED) is 0.554. The lowest BCUT2D eigenvalue weighted by atomic mass is 10.1. The Labute approximate surface area is 98.6 Å². The van der Waals surface area contributed by atoms with E-state index in [1.54, 1.807) is 18.2 Å². The first-order chi connectivity index (χ1) is 8.34. The Morgan fingerprint density at radius 2 is 1.47 bits per heavy atom. The topological polar surface area (TPSA) is 35.5 Å². The molecule has 0 unspecified atom stereocenters. The van der Waals surface area contributed by atoms with Crippen LogP contribution >= 0.6 is 0 Å². The fourth-order valence-electron chi connectivity index (χ4n) is 1.80. The molecule has 0 aromatic heterocycles. The van der Waals surface area contributed by atoms with Crippen molar-refractivity contribution in [1.29, 1.82) is 0 Å². The second kappa shape index (κ2) is 3.94. The summed E-state index contributed by atoms with van der Waals surface area (Å²) in [6.45, 7) is 0. The van der Waals surface area contributed by atoms with Crippen LogP contribution in [0.2, 0.25) is 0 Å². The van der Waals surface area contributed by atoms with Gasteiger partial charge in [0.1, 0.15) is 0 Å². The van der Waals surface area contributed by atoms with E-state index in [0.29, 0.717) is 11.5 Å². The lowest BCUT2D eigenvalue weighted by Crippen LogP contribution is -2.27. The highest BCUT2D eigenvalue weighted by atomic mass is 16.6. The van der Waals surface area contributed by atoms with Gasteiger partial charge in [-0.1, -0.05) is 42.5 Å². The van der Waals surface area contributed by atoms with Crippen LogP contribution in [0.5, 0.6) is 11.5 Å². The second-order valence-corrected chi connectivity index (χ2v) is 3.78. The Morgan fingerprint density at radius 1 is 0.824 bits per heavy atom. The van der Waals surface area contributed by atoms with Crippen molar-refractivity contribution >= 4 is 5.97 Å². The number of esters is 1. The summed E-state index contributed by atoms with van der Waals surface area (Å²) in [7, 11) is 0. The largest absolute Gasteiger partial charge is 0.470 e. The molecule has 0 amide bonds. The van der Waals surface area contributed by atoms with Gasteiger partial charge in [0.15, 0.2) is 11.5 Å². The molecule has 0 aliphatic carbocycles. The molecule has 3 heteroatoms. The highest BCUT2D eigenvalue weighted by Gasteiger charge is 2.30. The predicted molar refractivity (Wildman–Crippen MR) is 61.9 cm³/mol. The minimum absolute atomic E-state index is 0.380. The summed E-state index contributed by atoms with van der Waals surface area (Å²) in [4.78, 5) is 11.8. The zero-order valence-corrected chi connectivity index (χ0v) is 9.00. The molecule has 0 radical (unpaired) electrons. The molecule has 0 bridgehead atoms. The molecule has 0 fully saturated rings. The third kappa shape index (κ3) is 1.76. The molecular formula is C14H10O3. The van der Waals surface area contributed by atoms with E-state index in [-0.39, 0.29) is 5.97 Å². The van der Waals surface area contributed by atoms with Crippen LogP contribution in [-0.2, 0) is 4.79 Å². The summed E-state index contributed by atoms with van der Waals surface area (Å²) in [5.41, 5.74) is 0.798. The van der Waals surface area contributed by atoms with Gasteiger partial charge in [-0.25, -0.2) is 4.79 Å². The summed E-state index contributed by atoms with van der Waals surface area (Å²) >= 11 is 0. The van der Waals surface area contributed by atoms with Crippen molar-refractivity contribution in [2.24, 2.45) is 0 Å². The van der Waals surface area contributed by atoms with Crippen molar-refractivity contribution in [1.82, 2.24) is 0 Å². The molecule has 84 valence electrons. The Bertz CT molecular complexity index is 548. The average molecular weight is 226 g/mol. The minimum Gasteiger partial charge on any atom is -0.470 e. The molecule has 3 rings (SSSR count). The van der Waals surface area contributed by atoms with Gasteiger partial charge >= 0.3 is 5.97 Å². The summed E-state index contributed by atoms with van der Waals surface area (Å²) < 4.78 is 10.9. The number of rotatable bonds is 1. The minimum atomic E-state index is -0.675. The second-order valence-electron chi connectivity index (χ2n) is 3.78. The van der Waals surface area contributed by atoms with Gasteiger partial charge in [-0.15, -0.1) is 0 Å². The number of benzene rings is 2. The van der Waals surface area contributed by atoms with Crippen LogP contribution in [0.4, 0.5) is 0 Å². The highest BCUT2D eigenvalue weighted by Crippen LogP contribution is 2.36. The zero-order chi connectivity index (χ0) is 11.7. The van der Waals surface area contributed by atoms with Gasteiger partial charge in [-0.2, -0.15) is 0 Å². The molecule has 1 atom stereocenters. The Kier molecular flexibility index (Phi) is 2.29. The first kappa shape index (κ1) is 9.90. The molecular weight excluding hydrogens is 216 g/mol. The standard InChI is InChI=1S/C14H10O3/c15-14-13(10-6-2-1-3-7-10)16-11-8-4-5-9-12(11)17-14/h1-9,13H/t13-/m0/s1. The molecule has 0 N–H and O–H groups in total. The van der Waals surface area contributed by atoms with Crippen LogP contribution in [0.1, 0.15) is 11.7 Å². The van der Waals surface area contributed by atoms with E-state index in [2.05, 4.69) is 0 Å². The SMILES string of the molecule is O=C1Oc2ccccc2O[C@H]1c1ccccc1. The number of hydrogen-bond acceptors (Lipinski definition) is 3. The van der Waals surface area contributed by atoms with E-state index in [1.165, 1.54) is 0 Å². The summed E-state index contributed by atoms with van der Waals surface area (Å²) in [5.74, 6) is 0.695. The summed E-state index contributed by atoms with van der Waals surface area (Å²) in [6.07, 6.45) is -0.675. The molecule has 0 saturated carbocycles. The van der Waals surface area contributed by atoms with Crippen molar-refractivity contribution in [3.63, 3.8) is 0 Å². The maximum Gasteiger partial charge on any atom is 0.357 e. The number of carbonyl (C=O) groups is 1. The number of carbonyl (C=O) groups excluding carboxylic acids is 1. The molecule has 1 heterocycles. The van der Waals surface area contributed by atoms with Crippen molar-refractivity contribution in [2.45, 2.75) is 6.10 Å². The van der Waals surface area contributed by atoms with Gasteiger partial charge in [0.2, 0.25) is 6.10 Å². The predicted octanol–water partition coefficient (Wildman–Crippen LogP) is 2.73. The van der Waals surface area contributed by atoms with Crippen molar-refractivity contribution < 1.29 is 14.3 Å². The summed E-state index contributed by atoms with van der Waals surface area (Å²) in [6, 6.07) is 16.5. The molecule has 0 spiro atoms. The van der Waals surface area contributed by atoms with Crippen LogP contribution < -0.4 is 9.47 Å². The van der Waals surface area contributed by atoms with E-state index in [0.717, 1.165) is 5.56 Å². The molecule has 17 heavy (non-hydrogen) atoms. The number of para-hydroxylation sites is 2. The van der Waals surface area contributed by atoms with Gasteiger partial charge in [0.05, 0.1) is 0 Å². The van der Waals surface area contributed by atoms with E-state index in [4.69, 9.17) is 9.47 Å². The number of ether oxygens (including phenoxy) is 2. The fourth-order valence-corrected chi connectivity index (χ4v) is 1.80. The van der Waals surface area contributed by atoms with Gasteiger partial charge in [0.25, 0.3) is 0 Å². The van der Waals surface area contributed by atoms with Crippen LogP contribution in [0.15, 0.2) is 54.6 Å². The van der Waals surface area contributed by atoms with Crippen LogP contribution in [-0.4, -0.2) is 5.97 Å². The van der Waals surface area contributed by atoms with Crippen LogP contribution in [0.3, 0.4) is 0 Å². The van der Waals surface area contributed by atoms with Crippen LogP contribution in [0, 0.1) is 0 Å². The molecule has 3 nitrogen and oxygen atoms in total. The normalized spacial score (nSPS) is 17.9. The fraction of sp³-hybridized carbons (Fsp3) is 0.0714. The smallest absolute Gasteiger partial charge is 0.357 e. The number of hydrogen-bond donors (Lipinski definition) is 0. The van der Waals surface area contributed by atoms with Gasteiger partial charge in [0, 0.05) is 5.56 Å². The summed E-state index contributed by atoms with van der Waals surface area (Å²) in [5, 5.41) is 0. The Morgan fingerprint density at radius 3 is 2.24 bits per heavy atom. The average Bonchev–Trinajstić information content (AvgIpc) is 2.39. The Hall–Kier alpha value is -2.29. The number of fused-ring (bicyclic) bond motifs is 1. The molecule has 2 aromatic rings. The lowest BCUT2D eigenvalue weighted by Gasteiger charge is -2.24. The molecule has 1 aliphatic rings. The monoisotopic (exact) mass is 226 g/mol. The van der Waals surface area contributed by atoms with Crippen molar-refractivity contribution in [2.75, 3.05) is 0 Å². The highest BCUT2D eigenvalue weighted by molar-refractivity contribution is 5.81. The lowest BCUT2D eigenvalue weighted by molar-refractivity contribution is -0.145. The van der Waals surface area contributed by atoms with E-state index in [1.807, 2.05) is 36.4 Å². The molecule has 1 aliphatic heterocycles. The zero-order valence-electron chi connectivity index (χ0n) is 9.00. The maximum absolute atomic E-state index is 11.8. The van der Waals surface area contributed by atoms with Gasteiger partial charge in [-0.05, 0) is 12.1 Å². The molecule has 2 aromatic carbocycles. The van der Waals surface area contributed by atoms with Crippen LogP contribution in [0.25, 0.3) is 0 Å². The van der Waals surface area contributed by atoms with E-state index >= 15 is 0 Å². The van der Waals surface area contributed by atoms with Gasteiger partial charge < -0.3 is 9.47 Å². The maximum atomic E-state index is 11.8. The first-order valence-corrected chi connectivity index (χ1v) is 5.37. The molecule has 0 saturated heterocycles. The Balaban J connectivity index is 1.98. The third-order valence-electron chi connectivity index (χ3n) is 2.62. The van der Waals surface area contributed by atoms with Crippen molar-refractivity contribution in [3.05, 3.63) is 60.2 Å². The third-order valence-corrected chi connectivity index (χ3v) is 2.62. The van der Waals surface area contributed by atoms with E-state index < -0.39 is 6.10 Å². The van der Waals surface area contributed by atoms with Crippen molar-refractivity contribution in [3.8, 4) is 11.5 Å². The first-order valence-electron chi connectivity index (χ1n) is 5.37. The van der Waals surface area contributed by atoms with Gasteiger partial charge in [-0.3, -0.25) is 0 Å².